The number of anilines is 1. The molecule has 0 unspecified atom stereocenters. The van der Waals surface area contributed by atoms with Gasteiger partial charge in [0.15, 0.2) is 18.2 Å². The summed E-state index contributed by atoms with van der Waals surface area (Å²) in [6, 6.07) is 17.3. The molecule has 0 heterocycles. The maximum Gasteiger partial charge on any atom is 0.325 e. The molecule has 176 valence electrons. The van der Waals surface area contributed by atoms with E-state index in [0.29, 0.717) is 16.9 Å². The summed E-state index contributed by atoms with van der Waals surface area (Å²) in [5.41, 5.74) is 1.30. The van der Waals surface area contributed by atoms with Crippen LogP contribution in [0.3, 0.4) is 0 Å². The van der Waals surface area contributed by atoms with E-state index in [2.05, 4.69) is 10.6 Å². The summed E-state index contributed by atoms with van der Waals surface area (Å²) in [6.45, 7) is -1.08. The second-order valence-electron chi connectivity index (χ2n) is 7.55. The topological polar surface area (TPSA) is 128 Å². The molecule has 0 saturated heterocycles. The van der Waals surface area contributed by atoms with Gasteiger partial charge >= 0.3 is 5.97 Å². The van der Waals surface area contributed by atoms with Crippen molar-refractivity contribution in [2.75, 3.05) is 25.6 Å². The van der Waals surface area contributed by atoms with Crippen LogP contribution < -0.4 is 15.4 Å². The molecule has 0 saturated carbocycles. The van der Waals surface area contributed by atoms with Crippen LogP contribution in [0.25, 0.3) is 0 Å². The largest absolute Gasteiger partial charge is 0.497 e. The first-order valence-electron chi connectivity index (χ1n) is 10.6. The first-order valence-corrected chi connectivity index (χ1v) is 10.6. The monoisotopic (exact) mass is 472 g/mol. The van der Waals surface area contributed by atoms with Crippen LogP contribution in [0.5, 0.6) is 5.75 Å². The van der Waals surface area contributed by atoms with E-state index in [-0.39, 0.29) is 33.9 Å². The molecule has 0 spiro atoms. The summed E-state index contributed by atoms with van der Waals surface area (Å²) in [5.74, 6) is -2.13. The Morgan fingerprint density at radius 1 is 0.800 bits per heavy atom. The minimum Gasteiger partial charge on any atom is -0.497 e. The van der Waals surface area contributed by atoms with Crippen LogP contribution in [-0.2, 0) is 14.3 Å². The lowest BCUT2D eigenvalue weighted by molar-refractivity contribution is -0.146. The van der Waals surface area contributed by atoms with Gasteiger partial charge in [0, 0.05) is 22.3 Å². The van der Waals surface area contributed by atoms with E-state index < -0.39 is 30.9 Å². The zero-order chi connectivity index (χ0) is 24.9. The lowest BCUT2D eigenvalue weighted by Gasteiger charge is -2.20. The van der Waals surface area contributed by atoms with E-state index in [4.69, 9.17) is 9.47 Å². The molecule has 0 radical (unpaired) electrons. The van der Waals surface area contributed by atoms with Crippen molar-refractivity contribution >= 4 is 35.0 Å². The van der Waals surface area contributed by atoms with Gasteiger partial charge in [-0.1, -0.05) is 36.4 Å². The standard InChI is InChI=1S/C26H20N2O7/c1-34-16-11-9-15(10-12-16)26(33)27-13-22(30)35-14-21(29)28-20-8-4-7-19-23(20)25(32)18-6-3-2-5-17(18)24(19)31/h2-12H,13-14H2,1H3,(H,27,33)(H,28,29). The van der Waals surface area contributed by atoms with Gasteiger partial charge in [-0.25, -0.2) is 0 Å². The van der Waals surface area contributed by atoms with Crippen LogP contribution in [0.4, 0.5) is 5.69 Å². The maximum absolute atomic E-state index is 13.0. The molecular weight excluding hydrogens is 452 g/mol. The summed E-state index contributed by atoms with van der Waals surface area (Å²) < 4.78 is 9.93. The number of amides is 2. The van der Waals surface area contributed by atoms with Gasteiger partial charge < -0.3 is 20.1 Å². The maximum atomic E-state index is 13.0. The van der Waals surface area contributed by atoms with E-state index in [9.17, 15) is 24.0 Å². The fraction of sp³-hybridized carbons (Fsp3) is 0.115. The van der Waals surface area contributed by atoms with Crippen molar-refractivity contribution in [1.29, 1.82) is 0 Å². The third-order valence-corrected chi connectivity index (χ3v) is 5.34. The first-order chi connectivity index (χ1) is 16.9. The first kappa shape index (κ1) is 23.4. The molecule has 3 aromatic carbocycles. The highest BCUT2D eigenvalue weighted by atomic mass is 16.5. The molecule has 2 amide bonds. The smallest absolute Gasteiger partial charge is 0.325 e. The van der Waals surface area contributed by atoms with Crippen molar-refractivity contribution in [3.8, 4) is 5.75 Å². The summed E-state index contributed by atoms with van der Waals surface area (Å²) in [5, 5.41) is 4.92. The molecule has 35 heavy (non-hydrogen) atoms. The predicted molar refractivity (Wildman–Crippen MR) is 125 cm³/mol. The second-order valence-corrected chi connectivity index (χ2v) is 7.55. The molecule has 0 fully saturated rings. The third kappa shape index (κ3) is 4.93. The Bertz CT molecular complexity index is 1350. The van der Waals surface area contributed by atoms with E-state index in [0.717, 1.165) is 0 Å². The highest BCUT2D eigenvalue weighted by Crippen LogP contribution is 2.31. The molecule has 1 aliphatic carbocycles. The number of hydrogen-bond donors (Lipinski definition) is 2. The van der Waals surface area contributed by atoms with Gasteiger partial charge in [-0.2, -0.15) is 0 Å². The van der Waals surface area contributed by atoms with E-state index in [1.54, 1.807) is 42.5 Å². The third-order valence-electron chi connectivity index (χ3n) is 5.34. The molecule has 0 bridgehead atoms. The van der Waals surface area contributed by atoms with Gasteiger partial charge in [-0.3, -0.25) is 24.0 Å². The van der Waals surface area contributed by atoms with Gasteiger partial charge in [-0.15, -0.1) is 0 Å². The van der Waals surface area contributed by atoms with E-state index >= 15 is 0 Å². The summed E-state index contributed by atoms with van der Waals surface area (Å²) in [4.78, 5) is 62.2. The number of ether oxygens (including phenoxy) is 2. The quantitative estimate of drug-likeness (QED) is 0.395. The van der Waals surface area contributed by atoms with Crippen molar-refractivity contribution in [2.24, 2.45) is 0 Å². The predicted octanol–water partition coefficient (Wildman–Crippen LogP) is 2.38. The van der Waals surface area contributed by atoms with Crippen LogP contribution >= 0.6 is 0 Å². The van der Waals surface area contributed by atoms with Gasteiger partial charge in [0.2, 0.25) is 0 Å². The minimum absolute atomic E-state index is 0.0858. The van der Waals surface area contributed by atoms with Gasteiger partial charge in [0.25, 0.3) is 11.8 Å². The van der Waals surface area contributed by atoms with Crippen molar-refractivity contribution in [3.63, 3.8) is 0 Å². The number of esters is 1. The number of benzene rings is 3. The molecule has 3 aromatic rings. The Labute approximate surface area is 200 Å². The highest BCUT2D eigenvalue weighted by molar-refractivity contribution is 6.30. The van der Waals surface area contributed by atoms with Crippen LogP contribution in [-0.4, -0.2) is 49.6 Å². The number of rotatable bonds is 7. The zero-order valence-corrected chi connectivity index (χ0v) is 18.6. The fourth-order valence-electron chi connectivity index (χ4n) is 3.63. The molecule has 2 N–H and O–H groups in total. The SMILES string of the molecule is COc1ccc(C(=O)NCC(=O)OCC(=O)Nc2cccc3c2C(=O)c2ccccc2C3=O)cc1. The van der Waals surface area contributed by atoms with E-state index in [1.807, 2.05) is 0 Å². The van der Waals surface area contributed by atoms with E-state index in [1.165, 1.54) is 31.4 Å². The van der Waals surface area contributed by atoms with Crippen molar-refractivity contribution < 1.29 is 33.4 Å². The number of methoxy groups -OCH3 is 1. The Morgan fingerprint density at radius 2 is 1.46 bits per heavy atom. The Hall–Kier alpha value is -4.79. The lowest BCUT2D eigenvalue weighted by Crippen LogP contribution is -2.32. The Morgan fingerprint density at radius 3 is 2.14 bits per heavy atom. The van der Waals surface area contributed by atoms with Gasteiger partial charge in [0.05, 0.1) is 18.4 Å². The summed E-state index contributed by atoms with van der Waals surface area (Å²) in [7, 11) is 1.50. The Balaban J connectivity index is 1.34. The average molecular weight is 472 g/mol. The van der Waals surface area contributed by atoms with Crippen LogP contribution in [0.1, 0.15) is 42.2 Å². The van der Waals surface area contributed by atoms with Gasteiger partial charge in [0.1, 0.15) is 12.3 Å². The molecule has 9 heteroatoms. The average Bonchev–Trinajstić information content (AvgIpc) is 2.89. The zero-order valence-electron chi connectivity index (χ0n) is 18.6. The lowest BCUT2D eigenvalue weighted by atomic mass is 9.83. The fourth-order valence-corrected chi connectivity index (χ4v) is 3.63. The highest BCUT2D eigenvalue weighted by Gasteiger charge is 2.31. The molecule has 0 aromatic heterocycles. The van der Waals surface area contributed by atoms with Crippen molar-refractivity contribution in [2.45, 2.75) is 0 Å². The van der Waals surface area contributed by atoms with Gasteiger partial charge in [-0.05, 0) is 30.3 Å². The molecule has 1 aliphatic rings. The minimum atomic E-state index is -0.822. The number of ketones is 2. The molecular formula is C26H20N2O7. The van der Waals surface area contributed by atoms with Crippen molar-refractivity contribution in [1.82, 2.24) is 5.32 Å². The summed E-state index contributed by atoms with van der Waals surface area (Å²) in [6.07, 6.45) is 0. The molecule has 0 aliphatic heterocycles. The van der Waals surface area contributed by atoms with Crippen LogP contribution in [0.15, 0.2) is 66.7 Å². The molecule has 4 rings (SSSR count). The normalized spacial score (nSPS) is 11.7. The molecule has 0 atom stereocenters. The number of nitrogens with one attached hydrogen (secondary N) is 2. The number of carbonyl (C=O) groups is 5. The second kappa shape index (κ2) is 10.0. The Kier molecular flexibility index (Phi) is 6.68. The number of fused-ring (bicyclic) bond motifs is 2. The summed E-state index contributed by atoms with van der Waals surface area (Å²) >= 11 is 0. The van der Waals surface area contributed by atoms with Crippen LogP contribution in [0.2, 0.25) is 0 Å². The van der Waals surface area contributed by atoms with Crippen LogP contribution in [0, 0.1) is 0 Å². The number of carbonyl (C=O) groups excluding carboxylic acids is 5. The molecule has 9 nitrogen and oxygen atoms in total. The van der Waals surface area contributed by atoms with Crippen molar-refractivity contribution in [3.05, 3.63) is 94.5 Å². The number of hydrogen-bond acceptors (Lipinski definition) is 7.